The van der Waals surface area contributed by atoms with Gasteiger partial charge < -0.3 is 10.5 Å². The molecular weight excluding hydrogens is 202 g/mol. The fourth-order valence-electron chi connectivity index (χ4n) is 2.42. The van der Waals surface area contributed by atoms with Gasteiger partial charge in [0, 0.05) is 17.8 Å². The quantitative estimate of drug-likeness (QED) is 0.845. The number of aromatic nitrogens is 2. The van der Waals surface area contributed by atoms with Crippen LogP contribution in [0.15, 0.2) is 0 Å². The second kappa shape index (κ2) is 4.55. The fraction of sp³-hybridized carbons (Fsp3) is 0.750. The molecule has 0 aliphatic carbocycles. The van der Waals surface area contributed by atoms with Crippen molar-refractivity contribution >= 4 is 0 Å². The number of nitrogens with zero attached hydrogens (tertiary/aromatic N) is 2. The van der Waals surface area contributed by atoms with Crippen LogP contribution in [-0.4, -0.2) is 22.0 Å². The van der Waals surface area contributed by atoms with Crippen molar-refractivity contribution < 1.29 is 4.74 Å². The first-order valence-electron chi connectivity index (χ1n) is 6.00. The van der Waals surface area contributed by atoms with Gasteiger partial charge in [-0.25, -0.2) is 0 Å². The summed E-state index contributed by atoms with van der Waals surface area (Å²) in [6.07, 6.45) is 3.01. The maximum atomic E-state index is 5.81. The van der Waals surface area contributed by atoms with Gasteiger partial charge in [0.2, 0.25) is 0 Å². The van der Waals surface area contributed by atoms with E-state index in [0.29, 0.717) is 18.8 Å². The van der Waals surface area contributed by atoms with Crippen LogP contribution in [0.25, 0.3) is 0 Å². The SMILES string of the molecule is Cc1nn(CC2CCC(C)O2)c(C)c1CN. The third-order valence-corrected chi connectivity index (χ3v) is 3.43. The van der Waals surface area contributed by atoms with E-state index in [0.717, 1.165) is 25.1 Å². The van der Waals surface area contributed by atoms with Gasteiger partial charge in [-0.05, 0) is 33.6 Å². The van der Waals surface area contributed by atoms with E-state index in [1.54, 1.807) is 0 Å². The zero-order chi connectivity index (χ0) is 11.7. The number of aryl methyl sites for hydroxylation is 1. The molecule has 1 aliphatic rings. The lowest BCUT2D eigenvalue weighted by Crippen LogP contribution is -2.18. The van der Waals surface area contributed by atoms with Gasteiger partial charge in [-0.15, -0.1) is 0 Å². The van der Waals surface area contributed by atoms with Gasteiger partial charge in [-0.3, -0.25) is 4.68 Å². The zero-order valence-corrected chi connectivity index (χ0v) is 10.4. The monoisotopic (exact) mass is 223 g/mol. The highest BCUT2D eigenvalue weighted by Gasteiger charge is 2.23. The molecule has 90 valence electrons. The summed E-state index contributed by atoms with van der Waals surface area (Å²) in [4.78, 5) is 0. The van der Waals surface area contributed by atoms with Crippen LogP contribution in [0.1, 0.15) is 36.7 Å². The maximum absolute atomic E-state index is 5.81. The number of hydrogen-bond donors (Lipinski definition) is 1. The van der Waals surface area contributed by atoms with Crippen LogP contribution < -0.4 is 5.73 Å². The predicted molar refractivity (Wildman–Crippen MR) is 63.2 cm³/mol. The Hall–Kier alpha value is -0.870. The molecule has 1 fully saturated rings. The fourth-order valence-corrected chi connectivity index (χ4v) is 2.42. The molecule has 0 saturated carbocycles. The smallest absolute Gasteiger partial charge is 0.0775 e. The zero-order valence-electron chi connectivity index (χ0n) is 10.4. The van der Waals surface area contributed by atoms with E-state index in [4.69, 9.17) is 10.5 Å². The highest BCUT2D eigenvalue weighted by molar-refractivity contribution is 5.24. The third-order valence-electron chi connectivity index (χ3n) is 3.43. The molecule has 1 aromatic heterocycles. The van der Waals surface area contributed by atoms with Crippen molar-refractivity contribution in [2.75, 3.05) is 0 Å². The molecule has 2 heterocycles. The van der Waals surface area contributed by atoms with E-state index in [2.05, 4.69) is 18.9 Å². The van der Waals surface area contributed by atoms with E-state index in [1.807, 2.05) is 11.6 Å². The van der Waals surface area contributed by atoms with Gasteiger partial charge in [0.1, 0.15) is 0 Å². The Morgan fingerprint density at radius 1 is 1.44 bits per heavy atom. The second-order valence-corrected chi connectivity index (χ2v) is 4.68. The molecule has 1 aliphatic heterocycles. The van der Waals surface area contributed by atoms with Gasteiger partial charge in [-0.1, -0.05) is 0 Å². The number of nitrogens with two attached hydrogens (primary N) is 1. The van der Waals surface area contributed by atoms with Crippen molar-refractivity contribution in [3.8, 4) is 0 Å². The molecule has 2 atom stereocenters. The minimum Gasteiger partial charge on any atom is -0.373 e. The largest absolute Gasteiger partial charge is 0.373 e. The van der Waals surface area contributed by atoms with Crippen LogP contribution in [0.3, 0.4) is 0 Å². The average molecular weight is 223 g/mol. The van der Waals surface area contributed by atoms with Gasteiger partial charge in [-0.2, -0.15) is 5.10 Å². The lowest BCUT2D eigenvalue weighted by atomic mass is 10.2. The Morgan fingerprint density at radius 3 is 2.69 bits per heavy atom. The number of hydrogen-bond acceptors (Lipinski definition) is 3. The highest BCUT2D eigenvalue weighted by Crippen LogP contribution is 2.21. The predicted octanol–water partition coefficient (Wildman–Crippen LogP) is 1.53. The molecule has 4 heteroatoms. The molecule has 0 radical (unpaired) electrons. The molecule has 0 aromatic carbocycles. The van der Waals surface area contributed by atoms with Gasteiger partial charge >= 0.3 is 0 Å². The summed E-state index contributed by atoms with van der Waals surface area (Å²) in [5.41, 5.74) is 9.11. The standard InChI is InChI=1S/C12H21N3O/c1-8-4-5-11(16-8)7-15-10(3)12(6-13)9(2)14-15/h8,11H,4-7,13H2,1-3H3. The van der Waals surface area contributed by atoms with Crippen LogP contribution in [0.4, 0.5) is 0 Å². The lowest BCUT2D eigenvalue weighted by Gasteiger charge is -2.12. The molecule has 2 N–H and O–H groups in total. The highest BCUT2D eigenvalue weighted by atomic mass is 16.5. The van der Waals surface area contributed by atoms with Crippen LogP contribution >= 0.6 is 0 Å². The van der Waals surface area contributed by atoms with Crippen molar-refractivity contribution in [2.24, 2.45) is 5.73 Å². The van der Waals surface area contributed by atoms with Crippen LogP contribution in [0.5, 0.6) is 0 Å². The van der Waals surface area contributed by atoms with Crippen LogP contribution in [-0.2, 0) is 17.8 Å². The Morgan fingerprint density at radius 2 is 2.19 bits per heavy atom. The van der Waals surface area contributed by atoms with Crippen LogP contribution in [0, 0.1) is 13.8 Å². The Kier molecular flexibility index (Phi) is 3.30. The second-order valence-electron chi connectivity index (χ2n) is 4.68. The van der Waals surface area contributed by atoms with Crippen molar-refractivity contribution in [2.45, 2.75) is 58.9 Å². The molecule has 4 nitrogen and oxygen atoms in total. The molecule has 0 bridgehead atoms. The summed E-state index contributed by atoms with van der Waals surface area (Å²) < 4.78 is 7.85. The topological polar surface area (TPSA) is 53.1 Å². The first-order chi connectivity index (χ1) is 7.61. The van der Waals surface area contributed by atoms with Gasteiger partial charge in [0.15, 0.2) is 0 Å². The Balaban J connectivity index is 2.10. The van der Waals surface area contributed by atoms with Crippen molar-refractivity contribution in [3.05, 3.63) is 17.0 Å². The molecule has 0 spiro atoms. The molecule has 16 heavy (non-hydrogen) atoms. The van der Waals surface area contributed by atoms with E-state index >= 15 is 0 Å². The van der Waals surface area contributed by atoms with Crippen molar-refractivity contribution in [3.63, 3.8) is 0 Å². The summed E-state index contributed by atoms with van der Waals surface area (Å²) in [7, 11) is 0. The summed E-state index contributed by atoms with van der Waals surface area (Å²) in [5.74, 6) is 0. The normalized spacial score (nSPS) is 25.2. The Bertz CT molecular complexity index is 373. The molecule has 0 amide bonds. The minimum absolute atomic E-state index is 0.318. The first-order valence-corrected chi connectivity index (χ1v) is 6.00. The van der Waals surface area contributed by atoms with Crippen molar-refractivity contribution in [1.82, 2.24) is 9.78 Å². The molecule has 1 saturated heterocycles. The maximum Gasteiger partial charge on any atom is 0.0775 e. The third kappa shape index (κ3) is 2.13. The van der Waals surface area contributed by atoms with Gasteiger partial charge in [0.05, 0.1) is 24.4 Å². The van der Waals surface area contributed by atoms with Crippen LogP contribution in [0.2, 0.25) is 0 Å². The van der Waals surface area contributed by atoms with E-state index in [1.165, 1.54) is 11.3 Å². The molecule has 1 aromatic rings. The Labute approximate surface area is 96.8 Å². The van der Waals surface area contributed by atoms with Crippen molar-refractivity contribution in [1.29, 1.82) is 0 Å². The molecule has 2 rings (SSSR count). The molecule has 2 unspecified atom stereocenters. The summed E-state index contributed by atoms with van der Waals surface area (Å²) in [6, 6.07) is 0. The average Bonchev–Trinajstić information content (AvgIpc) is 2.74. The lowest BCUT2D eigenvalue weighted by molar-refractivity contribution is 0.0433. The molecular formula is C12H21N3O. The number of rotatable bonds is 3. The van der Waals surface area contributed by atoms with E-state index < -0.39 is 0 Å². The van der Waals surface area contributed by atoms with E-state index in [9.17, 15) is 0 Å². The first kappa shape index (κ1) is 11.6. The summed E-state index contributed by atoms with van der Waals surface area (Å²) >= 11 is 0. The summed E-state index contributed by atoms with van der Waals surface area (Å²) in [6.45, 7) is 7.66. The van der Waals surface area contributed by atoms with E-state index in [-0.39, 0.29) is 0 Å². The minimum atomic E-state index is 0.318. The summed E-state index contributed by atoms with van der Waals surface area (Å²) in [5, 5.41) is 4.53. The number of ether oxygens (including phenoxy) is 1. The van der Waals surface area contributed by atoms with Gasteiger partial charge in [0.25, 0.3) is 0 Å².